The van der Waals surface area contributed by atoms with Crippen LogP contribution in [0.25, 0.3) is 0 Å². The Bertz CT molecular complexity index is 426. The monoisotopic (exact) mass is 253 g/mol. The van der Waals surface area contributed by atoms with E-state index in [9.17, 15) is 9.59 Å². The van der Waals surface area contributed by atoms with E-state index in [1.54, 1.807) is 12.3 Å². The summed E-state index contributed by atoms with van der Waals surface area (Å²) >= 11 is 0. The van der Waals surface area contributed by atoms with Crippen molar-refractivity contribution in [1.82, 2.24) is 14.8 Å². The fourth-order valence-corrected chi connectivity index (χ4v) is 1.81. The summed E-state index contributed by atoms with van der Waals surface area (Å²) in [6, 6.07) is 3.11. The molecule has 1 aromatic heterocycles. The standard InChI is InChI=1S/C12H19N3O3/c1-9(7-14(2)3)13-11(16)8-15-6-4-5-10(15)12(17)18/h4-6,9H,7-8H2,1-3H3,(H,13,16)(H,17,18). The maximum Gasteiger partial charge on any atom is 0.352 e. The number of likely N-dealkylation sites (N-methyl/N-ethyl adjacent to an activating group) is 1. The third-order valence-electron chi connectivity index (χ3n) is 2.41. The first-order chi connectivity index (χ1) is 8.40. The van der Waals surface area contributed by atoms with E-state index in [1.807, 2.05) is 25.9 Å². The third-order valence-corrected chi connectivity index (χ3v) is 2.41. The van der Waals surface area contributed by atoms with Crippen LogP contribution in [0.2, 0.25) is 0 Å². The van der Waals surface area contributed by atoms with Crippen LogP contribution in [0, 0.1) is 0 Å². The van der Waals surface area contributed by atoms with Gasteiger partial charge in [0.15, 0.2) is 0 Å². The SMILES string of the molecule is CC(CN(C)C)NC(=O)Cn1cccc1C(=O)O. The molecule has 1 rings (SSSR count). The number of hydrogen-bond donors (Lipinski definition) is 2. The van der Waals surface area contributed by atoms with Crippen LogP contribution in [-0.4, -0.2) is 53.1 Å². The Morgan fingerprint density at radius 3 is 2.72 bits per heavy atom. The summed E-state index contributed by atoms with van der Waals surface area (Å²) in [6.45, 7) is 2.67. The van der Waals surface area contributed by atoms with E-state index in [0.717, 1.165) is 6.54 Å². The Labute approximate surface area is 106 Å². The molecule has 0 aliphatic heterocycles. The van der Waals surface area contributed by atoms with Crippen LogP contribution in [0.1, 0.15) is 17.4 Å². The molecule has 0 saturated heterocycles. The predicted molar refractivity (Wildman–Crippen MR) is 67.6 cm³/mol. The minimum absolute atomic E-state index is 0.0202. The molecule has 1 amide bonds. The third kappa shape index (κ3) is 4.21. The van der Waals surface area contributed by atoms with E-state index in [4.69, 9.17) is 5.11 Å². The molecule has 100 valence electrons. The molecule has 6 nitrogen and oxygen atoms in total. The molecule has 1 atom stereocenters. The summed E-state index contributed by atoms with van der Waals surface area (Å²) in [5.41, 5.74) is 0.116. The molecule has 0 aromatic carbocycles. The first-order valence-electron chi connectivity index (χ1n) is 5.72. The summed E-state index contributed by atoms with van der Waals surface area (Å²) in [5.74, 6) is -1.22. The highest BCUT2D eigenvalue weighted by atomic mass is 16.4. The van der Waals surface area contributed by atoms with E-state index < -0.39 is 5.97 Å². The molecule has 0 aliphatic carbocycles. The van der Waals surface area contributed by atoms with Gasteiger partial charge in [-0.25, -0.2) is 4.79 Å². The van der Waals surface area contributed by atoms with Crippen molar-refractivity contribution < 1.29 is 14.7 Å². The lowest BCUT2D eigenvalue weighted by atomic mass is 10.3. The van der Waals surface area contributed by atoms with Crippen molar-refractivity contribution in [3.05, 3.63) is 24.0 Å². The summed E-state index contributed by atoms with van der Waals surface area (Å²) in [6.07, 6.45) is 1.58. The summed E-state index contributed by atoms with van der Waals surface area (Å²) < 4.78 is 1.42. The number of carboxylic acids is 1. The predicted octanol–water partition coefficient (Wildman–Crippen LogP) is 0.253. The number of aromatic carboxylic acids is 1. The normalized spacial score (nSPS) is 12.4. The van der Waals surface area contributed by atoms with Crippen LogP contribution >= 0.6 is 0 Å². The van der Waals surface area contributed by atoms with Gasteiger partial charge >= 0.3 is 5.97 Å². The fraction of sp³-hybridized carbons (Fsp3) is 0.500. The molecule has 6 heteroatoms. The van der Waals surface area contributed by atoms with Crippen molar-refractivity contribution in [2.24, 2.45) is 0 Å². The smallest absolute Gasteiger partial charge is 0.352 e. The first kappa shape index (κ1) is 14.2. The van der Waals surface area contributed by atoms with Crippen molar-refractivity contribution in [3.8, 4) is 0 Å². The highest BCUT2D eigenvalue weighted by Gasteiger charge is 2.13. The highest BCUT2D eigenvalue weighted by molar-refractivity contribution is 5.86. The Morgan fingerprint density at radius 1 is 1.50 bits per heavy atom. The van der Waals surface area contributed by atoms with Crippen LogP contribution in [0.3, 0.4) is 0 Å². The van der Waals surface area contributed by atoms with Gasteiger partial charge in [0.25, 0.3) is 0 Å². The molecule has 1 aromatic rings. The van der Waals surface area contributed by atoms with Gasteiger partial charge in [-0.15, -0.1) is 0 Å². The Hall–Kier alpha value is -1.82. The number of carboxylic acid groups (broad SMARTS) is 1. The maximum atomic E-state index is 11.7. The molecular formula is C12H19N3O3. The van der Waals surface area contributed by atoms with Gasteiger partial charge in [0, 0.05) is 18.8 Å². The zero-order valence-electron chi connectivity index (χ0n) is 10.9. The number of rotatable bonds is 6. The van der Waals surface area contributed by atoms with Gasteiger partial charge in [0.1, 0.15) is 12.2 Å². The highest BCUT2D eigenvalue weighted by Crippen LogP contribution is 2.02. The molecule has 0 radical (unpaired) electrons. The zero-order chi connectivity index (χ0) is 13.7. The number of nitrogens with one attached hydrogen (secondary N) is 1. The Balaban J connectivity index is 2.54. The van der Waals surface area contributed by atoms with Crippen LogP contribution in [0.4, 0.5) is 0 Å². The Morgan fingerprint density at radius 2 is 2.17 bits per heavy atom. The molecule has 2 N–H and O–H groups in total. The minimum atomic E-state index is -1.03. The Kier molecular flexibility index (Phi) is 4.91. The fourth-order valence-electron chi connectivity index (χ4n) is 1.81. The van der Waals surface area contributed by atoms with E-state index in [1.165, 1.54) is 10.6 Å². The summed E-state index contributed by atoms with van der Waals surface area (Å²) in [4.78, 5) is 24.6. The molecule has 0 bridgehead atoms. The van der Waals surface area contributed by atoms with Crippen molar-refractivity contribution in [2.45, 2.75) is 19.5 Å². The van der Waals surface area contributed by atoms with Crippen molar-refractivity contribution in [3.63, 3.8) is 0 Å². The van der Waals surface area contributed by atoms with E-state index in [2.05, 4.69) is 5.32 Å². The average Bonchev–Trinajstić information content (AvgIpc) is 2.63. The molecule has 1 heterocycles. The van der Waals surface area contributed by atoms with Crippen LogP contribution < -0.4 is 5.32 Å². The van der Waals surface area contributed by atoms with E-state index in [-0.39, 0.29) is 24.2 Å². The van der Waals surface area contributed by atoms with Gasteiger partial charge in [0.2, 0.25) is 5.91 Å². The van der Waals surface area contributed by atoms with Gasteiger partial charge in [-0.05, 0) is 33.2 Å². The number of nitrogens with zero attached hydrogens (tertiary/aromatic N) is 2. The number of hydrogen-bond acceptors (Lipinski definition) is 3. The lowest BCUT2D eigenvalue weighted by molar-refractivity contribution is -0.122. The zero-order valence-corrected chi connectivity index (χ0v) is 10.9. The molecule has 0 fully saturated rings. The number of amides is 1. The molecule has 0 aliphatic rings. The van der Waals surface area contributed by atoms with Crippen molar-refractivity contribution in [2.75, 3.05) is 20.6 Å². The molecule has 0 spiro atoms. The van der Waals surface area contributed by atoms with Crippen LogP contribution in [-0.2, 0) is 11.3 Å². The van der Waals surface area contributed by atoms with E-state index >= 15 is 0 Å². The lowest BCUT2D eigenvalue weighted by Crippen LogP contribution is -2.41. The van der Waals surface area contributed by atoms with Gasteiger partial charge in [-0.3, -0.25) is 4.79 Å². The van der Waals surface area contributed by atoms with Gasteiger partial charge < -0.3 is 19.9 Å². The van der Waals surface area contributed by atoms with Gasteiger partial charge in [-0.1, -0.05) is 0 Å². The second kappa shape index (κ2) is 6.20. The second-order valence-electron chi connectivity index (χ2n) is 4.56. The number of carbonyl (C=O) groups excluding carboxylic acids is 1. The van der Waals surface area contributed by atoms with Crippen molar-refractivity contribution in [1.29, 1.82) is 0 Å². The molecule has 0 saturated carbocycles. The molecule has 1 unspecified atom stereocenters. The first-order valence-corrected chi connectivity index (χ1v) is 5.72. The average molecular weight is 253 g/mol. The van der Waals surface area contributed by atoms with E-state index in [0.29, 0.717) is 0 Å². The minimum Gasteiger partial charge on any atom is -0.477 e. The van der Waals surface area contributed by atoms with Crippen LogP contribution in [0.5, 0.6) is 0 Å². The number of aromatic nitrogens is 1. The second-order valence-corrected chi connectivity index (χ2v) is 4.56. The summed E-state index contributed by atoms with van der Waals surface area (Å²) in [5, 5.41) is 11.7. The van der Waals surface area contributed by atoms with Gasteiger partial charge in [0.05, 0.1) is 0 Å². The largest absolute Gasteiger partial charge is 0.477 e. The quantitative estimate of drug-likeness (QED) is 0.762. The lowest BCUT2D eigenvalue weighted by Gasteiger charge is -2.18. The topological polar surface area (TPSA) is 74.6 Å². The molecule has 18 heavy (non-hydrogen) atoms. The van der Waals surface area contributed by atoms with Crippen LogP contribution in [0.15, 0.2) is 18.3 Å². The maximum absolute atomic E-state index is 11.7. The number of carbonyl (C=O) groups is 2. The van der Waals surface area contributed by atoms with Crippen molar-refractivity contribution >= 4 is 11.9 Å². The summed E-state index contributed by atoms with van der Waals surface area (Å²) in [7, 11) is 3.86. The molecular weight excluding hydrogens is 234 g/mol. The van der Waals surface area contributed by atoms with Gasteiger partial charge in [-0.2, -0.15) is 0 Å².